The summed E-state index contributed by atoms with van der Waals surface area (Å²) in [5.74, 6) is -0.579. The Morgan fingerprint density at radius 3 is 2.95 bits per heavy atom. The molecule has 1 aromatic heterocycles. The van der Waals surface area contributed by atoms with Crippen molar-refractivity contribution in [1.29, 1.82) is 0 Å². The number of carbonyl (C=O) groups is 1. The number of aromatic carboxylic acids is 1. The first-order valence-corrected chi connectivity index (χ1v) is 6.94. The van der Waals surface area contributed by atoms with Gasteiger partial charge in [0.1, 0.15) is 0 Å². The third kappa shape index (κ3) is 2.20. The summed E-state index contributed by atoms with van der Waals surface area (Å²) in [4.78, 5) is 15.6. The Morgan fingerprint density at radius 1 is 1.35 bits per heavy atom. The standard InChI is InChI=1S/C17H17NO2/c1-11-10-13(17(19)20)7-8-14(11)15-6-2-4-12-5-3-9-18-16(12)15/h3,5,7-10,15H,2,4,6H2,1H3,(H,19,20). The molecular formula is C17H17NO2. The summed E-state index contributed by atoms with van der Waals surface area (Å²) in [5.41, 5.74) is 5.07. The molecule has 0 fully saturated rings. The van der Waals surface area contributed by atoms with E-state index in [4.69, 9.17) is 5.11 Å². The molecule has 0 aliphatic heterocycles. The molecule has 0 bridgehead atoms. The van der Waals surface area contributed by atoms with Crippen LogP contribution < -0.4 is 0 Å². The lowest BCUT2D eigenvalue weighted by Gasteiger charge is -2.26. The molecule has 1 aliphatic rings. The molecule has 1 N–H and O–H groups in total. The zero-order valence-electron chi connectivity index (χ0n) is 11.5. The van der Waals surface area contributed by atoms with Gasteiger partial charge in [-0.3, -0.25) is 4.98 Å². The lowest BCUT2D eigenvalue weighted by Crippen LogP contribution is -2.14. The maximum Gasteiger partial charge on any atom is 0.335 e. The van der Waals surface area contributed by atoms with E-state index in [0.29, 0.717) is 11.5 Å². The molecule has 0 spiro atoms. The van der Waals surface area contributed by atoms with Gasteiger partial charge in [-0.1, -0.05) is 12.1 Å². The number of carboxylic acids is 1. The highest BCUT2D eigenvalue weighted by molar-refractivity contribution is 5.87. The first-order valence-electron chi connectivity index (χ1n) is 6.94. The number of carboxylic acid groups (broad SMARTS) is 1. The van der Waals surface area contributed by atoms with E-state index in [1.54, 1.807) is 12.1 Å². The molecule has 2 aromatic rings. The second-order valence-corrected chi connectivity index (χ2v) is 5.37. The zero-order valence-corrected chi connectivity index (χ0v) is 11.5. The van der Waals surface area contributed by atoms with Gasteiger partial charge in [-0.05, 0) is 61.1 Å². The van der Waals surface area contributed by atoms with E-state index in [-0.39, 0.29) is 0 Å². The van der Waals surface area contributed by atoms with Crippen LogP contribution in [0.3, 0.4) is 0 Å². The van der Waals surface area contributed by atoms with Crippen LogP contribution in [0.2, 0.25) is 0 Å². The van der Waals surface area contributed by atoms with Gasteiger partial charge in [-0.15, -0.1) is 0 Å². The van der Waals surface area contributed by atoms with Gasteiger partial charge >= 0.3 is 5.97 Å². The van der Waals surface area contributed by atoms with E-state index < -0.39 is 5.97 Å². The smallest absolute Gasteiger partial charge is 0.335 e. The largest absolute Gasteiger partial charge is 0.478 e. The summed E-state index contributed by atoms with van der Waals surface area (Å²) >= 11 is 0. The molecule has 1 aliphatic carbocycles. The number of fused-ring (bicyclic) bond motifs is 1. The van der Waals surface area contributed by atoms with Crippen molar-refractivity contribution in [2.24, 2.45) is 0 Å². The molecule has 1 heterocycles. The van der Waals surface area contributed by atoms with E-state index in [0.717, 1.165) is 30.5 Å². The summed E-state index contributed by atoms with van der Waals surface area (Å²) < 4.78 is 0. The first-order chi connectivity index (χ1) is 9.66. The quantitative estimate of drug-likeness (QED) is 0.905. The topological polar surface area (TPSA) is 50.2 Å². The third-order valence-corrected chi connectivity index (χ3v) is 4.09. The summed E-state index contributed by atoms with van der Waals surface area (Å²) in [6.07, 6.45) is 5.17. The Kier molecular flexibility index (Phi) is 3.26. The van der Waals surface area contributed by atoms with E-state index in [9.17, 15) is 4.79 Å². The van der Waals surface area contributed by atoms with E-state index in [1.165, 1.54) is 11.1 Å². The number of hydrogen-bond acceptors (Lipinski definition) is 2. The van der Waals surface area contributed by atoms with Gasteiger partial charge < -0.3 is 5.11 Å². The SMILES string of the molecule is Cc1cc(C(=O)O)ccc1C1CCCc2cccnc21. The second-order valence-electron chi connectivity index (χ2n) is 5.37. The minimum absolute atomic E-state index is 0.294. The Balaban J connectivity index is 2.04. The normalized spacial score (nSPS) is 17.6. The summed E-state index contributed by atoms with van der Waals surface area (Å²) in [5, 5.41) is 9.06. The van der Waals surface area contributed by atoms with Crippen LogP contribution in [-0.2, 0) is 6.42 Å². The van der Waals surface area contributed by atoms with Crippen LogP contribution in [0.4, 0.5) is 0 Å². The molecule has 1 atom stereocenters. The Hall–Kier alpha value is -2.16. The predicted molar refractivity (Wildman–Crippen MR) is 77.2 cm³/mol. The molecule has 0 radical (unpaired) electrons. The highest BCUT2D eigenvalue weighted by Gasteiger charge is 2.24. The molecule has 0 amide bonds. The number of aryl methyl sites for hydroxylation is 2. The molecule has 20 heavy (non-hydrogen) atoms. The maximum atomic E-state index is 11.0. The molecular weight excluding hydrogens is 250 g/mol. The van der Waals surface area contributed by atoms with Crippen LogP contribution in [0.15, 0.2) is 36.5 Å². The van der Waals surface area contributed by atoms with Crippen LogP contribution in [0.5, 0.6) is 0 Å². The van der Waals surface area contributed by atoms with Crippen LogP contribution >= 0.6 is 0 Å². The zero-order chi connectivity index (χ0) is 14.1. The summed E-state index contributed by atoms with van der Waals surface area (Å²) in [6.45, 7) is 1.99. The lowest BCUT2D eigenvalue weighted by atomic mass is 9.80. The number of hydrogen-bond donors (Lipinski definition) is 1. The van der Waals surface area contributed by atoms with Crippen molar-refractivity contribution < 1.29 is 9.90 Å². The van der Waals surface area contributed by atoms with Crippen LogP contribution in [0.1, 0.15) is 51.5 Å². The molecule has 1 aromatic carbocycles. The maximum absolute atomic E-state index is 11.0. The van der Waals surface area contributed by atoms with Crippen molar-refractivity contribution in [2.45, 2.75) is 32.1 Å². The van der Waals surface area contributed by atoms with Crippen LogP contribution in [-0.4, -0.2) is 16.1 Å². The fourth-order valence-electron chi connectivity index (χ4n) is 3.11. The molecule has 3 nitrogen and oxygen atoms in total. The highest BCUT2D eigenvalue weighted by atomic mass is 16.4. The number of nitrogens with zero attached hydrogens (tertiary/aromatic N) is 1. The first kappa shape index (κ1) is 12.9. The van der Waals surface area contributed by atoms with E-state index in [1.807, 2.05) is 25.3 Å². The number of pyridine rings is 1. The average Bonchev–Trinajstić information content (AvgIpc) is 2.46. The predicted octanol–water partition coefficient (Wildman–Crippen LogP) is 3.56. The monoisotopic (exact) mass is 267 g/mol. The van der Waals surface area contributed by atoms with Gasteiger partial charge in [0.15, 0.2) is 0 Å². The number of benzene rings is 1. The molecule has 0 saturated carbocycles. The van der Waals surface area contributed by atoms with Crippen molar-refractivity contribution in [3.63, 3.8) is 0 Å². The minimum Gasteiger partial charge on any atom is -0.478 e. The van der Waals surface area contributed by atoms with Crippen molar-refractivity contribution in [3.05, 3.63) is 64.5 Å². The molecule has 0 saturated heterocycles. The van der Waals surface area contributed by atoms with Gasteiger partial charge in [-0.2, -0.15) is 0 Å². The second kappa shape index (κ2) is 5.08. The van der Waals surface area contributed by atoms with Crippen molar-refractivity contribution in [1.82, 2.24) is 4.98 Å². The van der Waals surface area contributed by atoms with Crippen LogP contribution in [0, 0.1) is 6.92 Å². The van der Waals surface area contributed by atoms with Gasteiger partial charge in [-0.25, -0.2) is 4.79 Å². The Labute approximate surface area is 118 Å². The molecule has 3 heteroatoms. The lowest BCUT2D eigenvalue weighted by molar-refractivity contribution is 0.0696. The number of aromatic nitrogens is 1. The third-order valence-electron chi connectivity index (χ3n) is 4.09. The van der Waals surface area contributed by atoms with E-state index >= 15 is 0 Å². The van der Waals surface area contributed by atoms with Gasteiger partial charge in [0.25, 0.3) is 0 Å². The van der Waals surface area contributed by atoms with Crippen molar-refractivity contribution in [2.75, 3.05) is 0 Å². The van der Waals surface area contributed by atoms with Crippen molar-refractivity contribution >= 4 is 5.97 Å². The molecule has 3 rings (SSSR count). The van der Waals surface area contributed by atoms with Gasteiger partial charge in [0.05, 0.1) is 11.3 Å². The molecule has 1 unspecified atom stereocenters. The number of rotatable bonds is 2. The summed E-state index contributed by atoms with van der Waals surface area (Å²) in [7, 11) is 0. The Bertz CT molecular complexity index is 664. The summed E-state index contributed by atoms with van der Waals surface area (Å²) in [6, 6.07) is 9.54. The van der Waals surface area contributed by atoms with Gasteiger partial charge in [0, 0.05) is 12.1 Å². The fraction of sp³-hybridized carbons (Fsp3) is 0.294. The minimum atomic E-state index is -0.873. The van der Waals surface area contributed by atoms with E-state index in [2.05, 4.69) is 11.1 Å². The van der Waals surface area contributed by atoms with Crippen molar-refractivity contribution in [3.8, 4) is 0 Å². The van der Waals surface area contributed by atoms with Gasteiger partial charge in [0.2, 0.25) is 0 Å². The Morgan fingerprint density at radius 2 is 2.20 bits per heavy atom. The van der Waals surface area contributed by atoms with Crippen LogP contribution in [0.25, 0.3) is 0 Å². The molecule has 102 valence electrons. The average molecular weight is 267 g/mol. The highest BCUT2D eigenvalue weighted by Crippen LogP contribution is 2.36. The fourth-order valence-corrected chi connectivity index (χ4v) is 3.11.